The maximum Gasteiger partial charge on any atom is 0.103 e. The van der Waals surface area contributed by atoms with Gasteiger partial charge in [-0.05, 0) is 12.3 Å². The summed E-state index contributed by atoms with van der Waals surface area (Å²) in [5, 5.41) is 17.7. The molecule has 0 bridgehead atoms. The van der Waals surface area contributed by atoms with Gasteiger partial charge in [0.05, 0.1) is 12.7 Å². The molecule has 1 aliphatic rings. The third-order valence-corrected chi connectivity index (χ3v) is 1.85. The summed E-state index contributed by atoms with van der Waals surface area (Å²) >= 11 is 0. The lowest BCUT2D eigenvalue weighted by atomic mass is 10.1. The molecule has 3 atom stereocenters. The molecule has 0 saturated carbocycles. The summed E-state index contributed by atoms with van der Waals surface area (Å²) in [6.07, 6.45) is 0.0341. The first-order valence-electron chi connectivity index (χ1n) is 3.64. The minimum atomic E-state index is -0.690. The van der Waals surface area contributed by atoms with Gasteiger partial charge in [-0.3, -0.25) is 0 Å². The Bertz CT molecular complexity index is 105. The molecule has 0 aromatic heterocycles. The van der Waals surface area contributed by atoms with Crippen molar-refractivity contribution in [3.05, 3.63) is 0 Å². The molecule has 0 spiro atoms. The first kappa shape index (κ1) is 7.98. The predicted molar refractivity (Wildman–Crippen MR) is 36.6 cm³/mol. The zero-order valence-corrected chi connectivity index (χ0v) is 6.16. The van der Waals surface area contributed by atoms with Crippen LogP contribution in [0.3, 0.4) is 0 Å². The topological polar surface area (TPSA) is 49.7 Å². The minimum absolute atomic E-state index is 0.139. The van der Waals surface area contributed by atoms with E-state index >= 15 is 0 Å². The van der Waals surface area contributed by atoms with Crippen LogP contribution < -0.4 is 0 Å². The van der Waals surface area contributed by atoms with Gasteiger partial charge in [-0.15, -0.1) is 0 Å². The van der Waals surface area contributed by atoms with E-state index in [-0.39, 0.29) is 12.7 Å². The maximum atomic E-state index is 9.10. The highest BCUT2D eigenvalue weighted by Gasteiger charge is 2.27. The van der Waals surface area contributed by atoms with Crippen molar-refractivity contribution in [2.45, 2.75) is 25.6 Å². The van der Waals surface area contributed by atoms with Crippen LogP contribution in [-0.2, 0) is 4.74 Å². The van der Waals surface area contributed by atoms with Gasteiger partial charge in [0.25, 0.3) is 0 Å². The lowest BCUT2D eigenvalue weighted by Crippen LogP contribution is -2.28. The Kier molecular flexibility index (Phi) is 2.65. The van der Waals surface area contributed by atoms with E-state index in [4.69, 9.17) is 14.9 Å². The number of rotatable bonds is 2. The molecular weight excluding hydrogens is 132 g/mol. The van der Waals surface area contributed by atoms with Crippen molar-refractivity contribution in [2.75, 3.05) is 13.2 Å². The van der Waals surface area contributed by atoms with Gasteiger partial charge in [-0.1, -0.05) is 6.92 Å². The summed E-state index contributed by atoms with van der Waals surface area (Å²) in [6, 6.07) is 0. The maximum absolute atomic E-state index is 9.10. The Morgan fingerprint density at radius 3 is 2.80 bits per heavy atom. The van der Waals surface area contributed by atoms with Crippen molar-refractivity contribution in [1.29, 1.82) is 0 Å². The molecule has 1 aliphatic heterocycles. The zero-order valence-electron chi connectivity index (χ0n) is 6.16. The Hall–Kier alpha value is -0.120. The Morgan fingerprint density at radius 1 is 1.70 bits per heavy atom. The predicted octanol–water partition coefficient (Wildman–Crippen LogP) is -0.235. The largest absolute Gasteiger partial charge is 0.394 e. The van der Waals surface area contributed by atoms with Crippen LogP contribution in [0.1, 0.15) is 13.3 Å². The van der Waals surface area contributed by atoms with Crippen molar-refractivity contribution in [3.8, 4) is 0 Å². The van der Waals surface area contributed by atoms with E-state index in [9.17, 15) is 0 Å². The quantitative estimate of drug-likeness (QED) is 0.565. The van der Waals surface area contributed by atoms with Crippen LogP contribution in [0.2, 0.25) is 0 Å². The van der Waals surface area contributed by atoms with Crippen molar-refractivity contribution >= 4 is 0 Å². The van der Waals surface area contributed by atoms with Crippen LogP contribution in [0, 0.1) is 5.92 Å². The molecule has 1 rings (SSSR count). The van der Waals surface area contributed by atoms with Gasteiger partial charge in [-0.2, -0.15) is 0 Å². The molecule has 60 valence electrons. The van der Waals surface area contributed by atoms with E-state index in [2.05, 4.69) is 6.92 Å². The van der Waals surface area contributed by atoms with Crippen LogP contribution in [0.15, 0.2) is 0 Å². The van der Waals surface area contributed by atoms with Crippen LogP contribution in [0.4, 0.5) is 0 Å². The molecule has 10 heavy (non-hydrogen) atoms. The number of hydrogen-bond donors (Lipinski definition) is 2. The molecule has 1 saturated heterocycles. The molecule has 3 nitrogen and oxygen atoms in total. The molecule has 1 heterocycles. The zero-order chi connectivity index (χ0) is 7.56. The summed E-state index contributed by atoms with van der Waals surface area (Å²) in [4.78, 5) is 0. The second-order valence-corrected chi connectivity index (χ2v) is 2.96. The van der Waals surface area contributed by atoms with Gasteiger partial charge in [0.2, 0.25) is 0 Å². The Morgan fingerprint density at radius 2 is 2.40 bits per heavy atom. The monoisotopic (exact) mass is 146 g/mol. The molecule has 0 unspecified atom stereocenters. The van der Waals surface area contributed by atoms with Crippen molar-refractivity contribution in [3.63, 3.8) is 0 Å². The molecule has 2 N–H and O–H groups in total. The molecule has 1 fully saturated rings. The highest BCUT2D eigenvalue weighted by atomic mass is 16.5. The standard InChI is InChI=1S/C7H14O3/c1-5-2-7(10-4-5)6(9)3-8/h5-9H,2-4H2,1H3/t5-,6-,7+/m1/s1. The smallest absolute Gasteiger partial charge is 0.103 e. The fourth-order valence-corrected chi connectivity index (χ4v) is 1.21. The summed E-state index contributed by atoms with van der Waals surface area (Å²) < 4.78 is 5.21. The van der Waals surface area contributed by atoms with E-state index in [1.54, 1.807) is 0 Å². The summed E-state index contributed by atoms with van der Waals surface area (Å²) in [6.45, 7) is 2.59. The highest BCUT2D eigenvalue weighted by Crippen LogP contribution is 2.20. The van der Waals surface area contributed by atoms with E-state index in [1.807, 2.05) is 0 Å². The SMILES string of the molecule is C[C@H]1CO[C@H]([C@H](O)CO)C1. The fourth-order valence-electron chi connectivity index (χ4n) is 1.21. The first-order chi connectivity index (χ1) is 4.74. The van der Waals surface area contributed by atoms with Crippen LogP contribution in [-0.4, -0.2) is 35.6 Å². The second-order valence-electron chi connectivity index (χ2n) is 2.96. The third kappa shape index (κ3) is 1.68. The first-order valence-corrected chi connectivity index (χ1v) is 3.64. The molecule has 0 aromatic rings. The number of ether oxygens (including phenoxy) is 1. The molecule has 0 aromatic carbocycles. The van der Waals surface area contributed by atoms with E-state index in [0.717, 1.165) is 6.42 Å². The molecule has 0 aliphatic carbocycles. The van der Waals surface area contributed by atoms with E-state index < -0.39 is 6.10 Å². The van der Waals surface area contributed by atoms with Gasteiger partial charge >= 0.3 is 0 Å². The average Bonchev–Trinajstić information content (AvgIpc) is 2.34. The van der Waals surface area contributed by atoms with Crippen molar-refractivity contribution in [1.82, 2.24) is 0 Å². The van der Waals surface area contributed by atoms with Crippen LogP contribution >= 0.6 is 0 Å². The lowest BCUT2D eigenvalue weighted by Gasteiger charge is -2.13. The van der Waals surface area contributed by atoms with Crippen LogP contribution in [0.25, 0.3) is 0 Å². The lowest BCUT2D eigenvalue weighted by molar-refractivity contribution is -0.0284. The third-order valence-electron chi connectivity index (χ3n) is 1.85. The van der Waals surface area contributed by atoms with E-state index in [1.165, 1.54) is 0 Å². The molecule has 0 radical (unpaired) electrons. The van der Waals surface area contributed by atoms with Gasteiger partial charge in [0.1, 0.15) is 6.10 Å². The second kappa shape index (κ2) is 3.32. The minimum Gasteiger partial charge on any atom is -0.394 e. The van der Waals surface area contributed by atoms with Crippen molar-refractivity contribution < 1.29 is 14.9 Å². The normalized spacial score (nSPS) is 36.3. The van der Waals surface area contributed by atoms with Gasteiger partial charge in [0, 0.05) is 6.61 Å². The van der Waals surface area contributed by atoms with Gasteiger partial charge < -0.3 is 14.9 Å². The molecular formula is C7H14O3. The average molecular weight is 146 g/mol. The fraction of sp³-hybridized carbons (Fsp3) is 1.00. The Balaban J connectivity index is 2.29. The van der Waals surface area contributed by atoms with Gasteiger partial charge in [-0.25, -0.2) is 0 Å². The Labute approximate surface area is 60.6 Å². The van der Waals surface area contributed by atoms with E-state index in [0.29, 0.717) is 12.5 Å². The molecule has 3 heteroatoms. The van der Waals surface area contributed by atoms with Crippen LogP contribution in [0.5, 0.6) is 0 Å². The summed E-state index contributed by atoms with van der Waals surface area (Å²) in [5.74, 6) is 0.520. The molecule has 0 amide bonds. The number of hydrogen-bond acceptors (Lipinski definition) is 3. The summed E-state index contributed by atoms with van der Waals surface area (Å²) in [7, 11) is 0. The summed E-state index contributed by atoms with van der Waals surface area (Å²) in [5.41, 5.74) is 0. The van der Waals surface area contributed by atoms with Gasteiger partial charge in [0.15, 0.2) is 0 Å². The van der Waals surface area contributed by atoms with Crippen molar-refractivity contribution in [2.24, 2.45) is 5.92 Å². The number of aliphatic hydroxyl groups excluding tert-OH is 2. The highest BCUT2D eigenvalue weighted by molar-refractivity contribution is 4.76. The number of aliphatic hydroxyl groups is 2.